The Bertz CT molecular complexity index is 768. The zero-order valence-electron chi connectivity index (χ0n) is 14.4. The van der Waals surface area contributed by atoms with Crippen LogP contribution in [0, 0.1) is 0 Å². The quantitative estimate of drug-likeness (QED) is 0.579. The van der Waals surface area contributed by atoms with E-state index in [2.05, 4.69) is 15.7 Å². The Kier molecular flexibility index (Phi) is 6.44. The molecule has 26 heavy (non-hydrogen) atoms. The van der Waals surface area contributed by atoms with Crippen LogP contribution in [0.3, 0.4) is 0 Å². The molecule has 2 amide bonds. The van der Waals surface area contributed by atoms with Gasteiger partial charge in [0.15, 0.2) is 0 Å². The lowest BCUT2D eigenvalue weighted by molar-refractivity contribution is 0.104. The monoisotopic (exact) mass is 354 g/mol. The lowest BCUT2D eigenvalue weighted by Gasteiger charge is -2.08. The predicted molar refractivity (Wildman–Crippen MR) is 96.8 cm³/mol. The molecule has 3 aromatic rings. The van der Waals surface area contributed by atoms with Gasteiger partial charge in [-0.2, -0.15) is 5.10 Å². The number of hydrogen-bond acceptors (Lipinski definition) is 4. The smallest absolute Gasteiger partial charge is 0.315 e. The minimum absolute atomic E-state index is 0.188. The van der Waals surface area contributed by atoms with E-state index in [-0.39, 0.29) is 6.03 Å². The molecular weight excluding hydrogens is 332 g/mol. The second-order valence-corrected chi connectivity index (χ2v) is 5.71. The van der Waals surface area contributed by atoms with Crippen molar-refractivity contribution in [2.24, 2.45) is 0 Å². The highest BCUT2D eigenvalue weighted by Crippen LogP contribution is 2.08. The molecule has 7 heteroatoms. The number of hydrogen-bond donors (Lipinski definition) is 2. The largest absolute Gasteiger partial charge is 0.467 e. The van der Waals surface area contributed by atoms with E-state index in [0.29, 0.717) is 26.3 Å². The third-order valence-corrected chi connectivity index (χ3v) is 3.73. The summed E-state index contributed by atoms with van der Waals surface area (Å²) in [4.78, 5) is 11.8. The van der Waals surface area contributed by atoms with Gasteiger partial charge < -0.3 is 19.8 Å². The molecule has 136 valence electrons. The van der Waals surface area contributed by atoms with Crippen LogP contribution in [0.4, 0.5) is 4.79 Å². The van der Waals surface area contributed by atoms with E-state index in [4.69, 9.17) is 9.15 Å². The second-order valence-electron chi connectivity index (χ2n) is 5.71. The van der Waals surface area contributed by atoms with Crippen LogP contribution in [0.25, 0.3) is 5.69 Å². The van der Waals surface area contributed by atoms with Crippen LogP contribution in [0.15, 0.2) is 65.5 Å². The van der Waals surface area contributed by atoms with E-state index in [0.717, 1.165) is 23.4 Å². The highest BCUT2D eigenvalue weighted by Gasteiger charge is 2.02. The van der Waals surface area contributed by atoms with Crippen LogP contribution < -0.4 is 10.6 Å². The van der Waals surface area contributed by atoms with Crippen molar-refractivity contribution in [3.05, 3.63) is 72.4 Å². The number of furan rings is 1. The van der Waals surface area contributed by atoms with E-state index in [1.807, 2.05) is 48.7 Å². The zero-order chi connectivity index (χ0) is 18.0. The van der Waals surface area contributed by atoms with Gasteiger partial charge in [0.05, 0.1) is 12.0 Å². The summed E-state index contributed by atoms with van der Waals surface area (Å²) >= 11 is 0. The van der Waals surface area contributed by atoms with Crippen molar-refractivity contribution in [1.82, 2.24) is 20.4 Å². The fourth-order valence-corrected chi connectivity index (χ4v) is 2.38. The summed E-state index contributed by atoms with van der Waals surface area (Å²) in [5.74, 6) is 0.800. The molecule has 2 aromatic heterocycles. The van der Waals surface area contributed by atoms with Gasteiger partial charge in [-0.05, 0) is 42.3 Å². The van der Waals surface area contributed by atoms with Crippen molar-refractivity contribution in [3.63, 3.8) is 0 Å². The fourth-order valence-electron chi connectivity index (χ4n) is 2.38. The third kappa shape index (κ3) is 5.49. The number of urea groups is 1. The maximum atomic E-state index is 11.8. The van der Waals surface area contributed by atoms with Crippen molar-refractivity contribution >= 4 is 6.03 Å². The van der Waals surface area contributed by atoms with E-state index < -0.39 is 0 Å². The maximum absolute atomic E-state index is 11.8. The number of nitrogens with one attached hydrogen (secondary N) is 2. The topological polar surface area (TPSA) is 81.3 Å². The molecule has 2 N–H and O–H groups in total. The first-order valence-corrected chi connectivity index (χ1v) is 8.52. The first-order valence-electron chi connectivity index (χ1n) is 8.52. The van der Waals surface area contributed by atoms with E-state index in [1.165, 1.54) is 0 Å². The Balaban J connectivity index is 1.28. The van der Waals surface area contributed by atoms with Gasteiger partial charge in [0.25, 0.3) is 0 Å². The summed E-state index contributed by atoms with van der Waals surface area (Å²) < 4.78 is 12.4. The summed E-state index contributed by atoms with van der Waals surface area (Å²) in [6.07, 6.45) is 5.99. The van der Waals surface area contributed by atoms with Crippen molar-refractivity contribution in [3.8, 4) is 5.69 Å². The van der Waals surface area contributed by atoms with Gasteiger partial charge in [-0.1, -0.05) is 12.1 Å². The number of rotatable bonds is 9. The summed E-state index contributed by atoms with van der Waals surface area (Å²) in [6, 6.07) is 13.3. The van der Waals surface area contributed by atoms with E-state index in [1.54, 1.807) is 17.1 Å². The number of nitrogens with zero attached hydrogens (tertiary/aromatic N) is 2. The van der Waals surface area contributed by atoms with Gasteiger partial charge in [0.1, 0.15) is 12.4 Å². The summed E-state index contributed by atoms with van der Waals surface area (Å²) in [7, 11) is 0. The van der Waals surface area contributed by atoms with Gasteiger partial charge in [0, 0.05) is 32.1 Å². The molecule has 0 radical (unpaired) electrons. The molecule has 0 aliphatic rings. The van der Waals surface area contributed by atoms with Gasteiger partial charge in [-0.25, -0.2) is 9.48 Å². The lowest BCUT2D eigenvalue weighted by Crippen LogP contribution is -2.35. The number of carbonyl (C=O) groups is 1. The average Bonchev–Trinajstić information content (AvgIpc) is 3.37. The van der Waals surface area contributed by atoms with Gasteiger partial charge in [-0.3, -0.25) is 0 Å². The molecular formula is C19H22N4O3. The van der Waals surface area contributed by atoms with Crippen LogP contribution in [-0.4, -0.2) is 29.0 Å². The molecule has 7 nitrogen and oxygen atoms in total. The number of benzene rings is 1. The average molecular weight is 354 g/mol. The number of ether oxygens (including phenoxy) is 1. The van der Waals surface area contributed by atoms with Gasteiger partial charge in [0.2, 0.25) is 0 Å². The van der Waals surface area contributed by atoms with E-state index in [9.17, 15) is 4.79 Å². The Morgan fingerprint density at radius 2 is 2.04 bits per heavy atom. The Morgan fingerprint density at radius 1 is 1.15 bits per heavy atom. The highest BCUT2D eigenvalue weighted by atomic mass is 16.5. The molecule has 0 aliphatic heterocycles. The Labute approximate surface area is 152 Å². The molecule has 0 spiro atoms. The van der Waals surface area contributed by atoms with Crippen LogP contribution in [0.2, 0.25) is 0 Å². The van der Waals surface area contributed by atoms with Crippen molar-refractivity contribution < 1.29 is 13.9 Å². The van der Waals surface area contributed by atoms with Crippen LogP contribution >= 0.6 is 0 Å². The summed E-state index contributed by atoms with van der Waals surface area (Å²) in [5.41, 5.74) is 2.01. The first-order chi connectivity index (χ1) is 12.8. The molecule has 2 heterocycles. The Hall–Kier alpha value is -3.06. The SMILES string of the molecule is O=C(NCCCOCc1ccco1)NCc1ccc(-n2cccn2)cc1. The summed E-state index contributed by atoms with van der Waals surface area (Å²) in [6.45, 7) is 2.05. The maximum Gasteiger partial charge on any atom is 0.315 e. The van der Waals surface area contributed by atoms with Gasteiger partial charge >= 0.3 is 6.03 Å². The lowest BCUT2D eigenvalue weighted by atomic mass is 10.2. The van der Waals surface area contributed by atoms with Crippen LogP contribution in [-0.2, 0) is 17.9 Å². The minimum Gasteiger partial charge on any atom is -0.467 e. The van der Waals surface area contributed by atoms with Crippen LogP contribution in [0.1, 0.15) is 17.7 Å². The first kappa shape index (κ1) is 17.8. The zero-order valence-corrected chi connectivity index (χ0v) is 14.4. The molecule has 0 saturated carbocycles. The number of aromatic nitrogens is 2. The normalized spacial score (nSPS) is 10.6. The van der Waals surface area contributed by atoms with E-state index >= 15 is 0 Å². The minimum atomic E-state index is -0.188. The third-order valence-electron chi connectivity index (χ3n) is 3.73. The highest BCUT2D eigenvalue weighted by molar-refractivity contribution is 5.73. The van der Waals surface area contributed by atoms with Crippen molar-refractivity contribution in [2.75, 3.05) is 13.2 Å². The number of amides is 2. The van der Waals surface area contributed by atoms with Crippen molar-refractivity contribution in [2.45, 2.75) is 19.6 Å². The second kappa shape index (κ2) is 9.43. The molecule has 0 saturated heterocycles. The number of carbonyl (C=O) groups excluding carboxylic acids is 1. The van der Waals surface area contributed by atoms with Gasteiger partial charge in [-0.15, -0.1) is 0 Å². The molecule has 3 rings (SSSR count). The molecule has 0 fully saturated rings. The molecule has 1 aromatic carbocycles. The molecule has 0 unspecified atom stereocenters. The molecule has 0 atom stereocenters. The van der Waals surface area contributed by atoms with Crippen molar-refractivity contribution in [1.29, 1.82) is 0 Å². The molecule has 0 aliphatic carbocycles. The Morgan fingerprint density at radius 3 is 2.77 bits per heavy atom. The van der Waals surface area contributed by atoms with Crippen LogP contribution in [0.5, 0.6) is 0 Å². The standard InChI is InChI=1S/C19H22N4O3/c24-19(20-9-3-12-25-15-18-4-1-13-26-18)21-14-16-5-7-17(8-6-16)23-11-2-10-22-23/h1-2,4-8,10-11,13H,3,9,12,14-15H2,(H2,20,21,24). The fraction of sp³-hybridized carbons (Fsp3) is 0.263. The summed E-state index contributed by atoms with van der Waals surface area (Å²) in [5, 5.41) is 9.83. The predicted octanol–water partition coefficient (Wildman–Crippen LogP) is 2.87. The molecule has 0 bridgehead atoms.